The summed E-state index contributed by atoms with van der Waals surface area (Å²) >= 11 is 0. The van der Waals surface area contributed by atoms with Crippen molar-refractivity contribution in [1.29, 1.82) is 0 Å². The Bertz CT molecular complexity index is 194. The van der Waals surface area contributed by atoms with Crippen LogP contribution < -0.4 is 5.73 Å². The molecule has 0 aromatic heterocycles. The van der Waals surface area contributed by atoms with Crippen molar-refractivity contribution in [2.45, 2.75) is 39.0 Å². The fourth-order valence-electron chi connectivity index (χ4n) is 1.47. The summed E-state index contributed by atoms with van der Waals surface area (Å²) in [4.78, 5) is 13.4. The predicted molar refractivity (Wildman–Crippen MR) is 50.2 cm³/mol. The SMILES string of the molecule is CC1CN(C(=O)[C@@H](C)N)C(C)CO1. The van der Waals surface area contributed by atoms with E-state index in [1.54, 1.807) is 11.8 Å². The average Bonchev–Trinajstić information content (AvgIpc) is 2.08. The number of nitrogens with zero attached hydrogens (tertiary/aromatic N) is 1. The number of morpholine rings is 1. The molecular weight excluding hydrogens is 168 g/mol. The Morgan fingerprint density at radius 3 is 2.77 bits per heavy atom. The van der Waals surface area contributed by atoms with E-state index >= 15 is 0 Å². The topological polar surface area (TPSA) is 55.6 Å². The molecule has 0 spiro atoms. The molecule has 0 aliphatic carbocycles. The largest absolute Gasteiger partial charge is 0.375 e. The van der Waals surface area contributed by atoms with Gasteiger partial charge in [-0.15, -0.1) is 0 Å². The van der Waals surface area contributed by atoms with Crippen molar-refractivity contribution in [2.75, 3.05) is 13.2 Å². The van der Waals surface area contributed by atoms with Crippen molar-refractivity contribution in [3.8, 4) is 0 Å². The van der Waals surface area contributed by atoms with Gasteiger partial charge in [0.2, 0.25) is 5.91 Å². The highest BCUT2D eigenvalue weighted by atomic mass is 16.5. The molecule has 2 N–H and O–H groups in total. The number of hydrogen-bond acceptors (Lipinski definition) is 3. The molecule has 1 aliphatic heterocycles. The molecule has 4 nitrogen and oxygen atoms in total. The fraction of sp³-hybridized carbons (Fsp3) is 0.889. The number of carbonyl (C=O) groups excluding carboxylic acids is 1. The molecule has 13 heavy (non-hydrogen) atoms. The van der Waals surface area contributed by atoms with Gasteiger partial charge in [0.05, 0.1) is 24.8 Å². The minimum absolute atomic E-state index is 0.0163. The van der Waals surface area contributed by atoms with Gasteiger partial charge < -0.3 is 15.4 Å². The minimum atomic E-state index is -0.409. The maximum atomic E-state index is 11.6. The van der Waals surface area contributed by atoms with Crippen LogP contribution in [0, 0.1) is 0 Å². The van der Waals surface area contributed by atoms with E-state index in [1.807, 2.05) is 13.8 Å². The number of hydrogen-bond donors (Lipinski definition) is 1. The van der Waals surface area contributed by atoms with Crippen LogP contribution in [-0.2, 0) is 9.53 Å². The molecule has 0 bridgehead atoms. The molecule has 1 rings (SSSR count). The second-order valence-corrected chi connectivity index (χ2v) is 3.77. The van der Waals surface area contributed by atoms with Crippen molar-refractivity contribution in [1.82, 2.24) is 4.90 Å². The summed E-state index contributed by atoms with van der Waals surface area (Å²) in [6.07, 6.45) is 0.124. The van der Waals surface area contributed by atoms with Crippen LogP contribution in [0.3, 0.4) is 0 Å². The van der Waals surface area contributed by atoms with E-state index < -0.39 is 6.04 Å². The molecule has 1 saturated heterocycles. The summed E-state index contributed by atoms with van der Waals surface area (Å²) in [5.41, 5.74) is 5.54. The molecule has 4 heteroatoms. The highest BCUT2D eigenvalue weighted by molar-refractivity contribution is 5.81. The number of carbonyl (C=O) groups is 1. The average molecular weight is 186 g/mol. The van der Waals surface area contributed by atoms with Gasteiger partial charge in [-0.2, -0.15) is 0 Å². The second-order valence-electron chi connectivity index (χ2n) is 3.77. The molecule has 3 atom stereocenters. The van der Waals surface area contributed by atoms with Gasteiger partial charge in [-0.05, 0) is 20.8 Å². The van der Waals surface area contributed by atoms with E-state index in [9.17, 15) is 4.79 Å². The zero-order valence-corrected chi connectivity index (χ0v) is 8.49. The molecule has 2 unspecified atom stereocenters. The van der Waals surface area contributed by atoms with E-state index in [0.717, 1.165) is 0 Å². The number of amides is 1. The van der Waals surface area contributed by atoms with Crippen molar-refractivity contribution < 1.29 is 9.53 Å². The van der Waals surface area contributed by atoms with Crippen LogP contribution in [-0.4, -0.2) is 42.1 Å². The van der Waals surface area contributed by atoms with Crippen molar-refractivity contribution >= 4 is 5.91 Å². The summed E-state index contributed by atoms with van der Waals surface area (Å²) in [6, 6.07) is -0.262. The van der Waals surface area contributed by atoms with Gasteiger partial charge >= 0.3 is 0 Å². The van der Waals surface area contributed by atoms with E-state index in [0.29, 0.717) is 13.2 Å². The van der Waals surface area contributed by atoms with Gasteiger partial charge in [0.15, 0.2) is 0 Å². The third kappa shape index (κ3) is 2.42. The van der Waals surface area contributed by atoms with E-state index in [1.165, 1.54) is 0 Å². The number of nitrogens with two attached hydrogens (primary N) is 1. The lowest BCUT2D eigenvalue weighted by molar-refractivity contribution is -0.144. The first-order chi connectivity index (χ1) is 6.02. The van der Waals surface area contributed by atoms with E-state index in [2.05, 4.69) is 0 Å². The highest BCUT2D eigenvalue weighted by Gasteiger charge is 2.28. The van der Waals surface area contributed by atoms with Gasteiger partial charge in [-0.25, -0.2) is 0 Å². The Hall–Kier alpha value is -0.610. The minimum Gasteiger partial charge on any atom is -0.375 e. The monoisotopic (exact) mass is 186 g/mol. The standard InChI is InChI=1S/C9H18N2O2/c1-6-5-13-7(2)4-11(6)9(12)8(3)10/h6-8H,4-5,10H2,1-3H3/t6?,7?,8-/m1/s1. The molecule has 1 aliphatic rings. The van der Waals surface area contributed by atoms with Gasteiger partial charge in [0, 0.05) is 6.54 Å². The zero-order chi connectivity index (χ0) is 10.0. The molecular formula is C9H18N2O2. The Labute approximate surface area is 79.0 Å². The summed E-state index contributed by atoms with van der Waals surface area (Å²) in [6.45, 7) is 6.93. The first kappa shape index (κ1) is 10.5. The van der Waals surface area contributed by atoms with Crippen LogP contribution in [0.2, 0.25) is 0 Å². The summed E-state index contributed by atoms with van der Waals surface area (Å²) in [5.74, 6) is 0.0163. The van der Waals surface area contributed by atoms with Crippen LogP contribution in [0.15, 0.2) is 0 Å². The molecule has 1 fully saturated rings. The first-order valence-corrected chi connectivity index (χ1v) is 4.70. The molecule has 0 saturated carbocycles. The highest BCUT2D eigenvalue weighted by Crippen LogP contribution is 2.11. The molecule has 1 amide bonds. The quantitative estimate of drug-likeness (QED) is 0.625. The maximum absolute atomic E-state index is 11.6. The number of ether oxygens (including phenoxy) is 1. The van der Waals surface area contributed by atoms with Gasteiger partial charge in [-0.1, -0.05) is 0 Å². The lowest BCUT2D eigenvalue weighted by Crippen LogP contribution is -2.54. The Kier molecular flexibility index (Phi) is 3.27. The van der Waals surface area contributed by atoms with Crippen LogP contribution >= 0.6 is 0 Å². The fourth-order valence-corrected chi connectivity index (χ4v) is 1.47. The zero-order valence-electron chi connectivity index (χ0n) is 8.49. The maximum Gasteiger partial charge on any atom is 0.239 e. The van der Waals surface area contributed by atoms with Crippen LogP contribution in [0.5, 0.6) is 0 Å². The van der Waals surface area contributed by atoms with Crippen molar-refractivity contribution in [3.05, 3.63) is 0 Å². The lowest BCUT2D eigenvalue weighted by Gasteiger charge is -2.37. The van der Waals surface area contributed by atoms with E-state index in [4.69, 9.17) is 10.5 Å². The number of rotatable bonds is 1. The second kappa shape index (κ2) is 4.07. The van der Waals surface area contributed by atoms with Crippen LogP contribution in [0.4, 0.5) is 0 Å². The Balaban J connectivity index is 2.60. The molecule has 76 valence electrons. The normalized spacial score (nSPS) is 31.5. The first-order valence-electron chi connectivity index (χ1n) is 4.70. The Morgan fingerprint density at radius 2 is 2.23 bits per heavy atom. The smallest absolute Gasteiger partial charge is 0.239 e. The third-order valence-corrected chi connectivity index (χ3v) is 2.28. The molecule has 0 aromatic carbocycles. The summed E-state index contributed by atoms with van der Waals surface area (Å²) < 4.78 is 5.42. The summed E-state index contributed by atoms with van der Waals surface area (Å²) in [5, 5.41) is 0. The lowest BCUT2D eigenvalue weighted by atomic mass is 10.1. The van der Waals surface area contributed by atoms with Gasteiger partial charge in [-0.3, -0.25) is 4.79 Å². The molecule has 0 aromatic rings. The van der Waals surface area contributed by atoms with Crippen LogP contribution in [0.25, 0.3) is 0 Å². The third-order valence-electron chi connectivity index (χ3n) is 2.28. The predicted octanol–water partition coefficient (Wildman–Crippen LogP) is -0.0306. The van der Waals surface area contributed by atoms with Crippen molar-refractivity contribution in [3.63, 3.8) is 0 Å². The Morgan fingerprint density at radius 1 is 1.62 bits per heavy atom. The summed E-state index contributed by atoms with van der Waals surface area (Å²) in [7, 11) is 0. The van der Waals surface area contributed by atoms with Gasteiger partial charge in [0.25, 0.3) is 0 Å². The molecule has 1 heterocycles. The van der Waals surface area contributed by atoms with E-state index in [-0.39, 0.29) is 18.1 Å². The van der Waals surface area contributed by atoms with Crippen molar-refractivity contribution in [2.24, 2.45) is 5.73 Å². The van der Waals surface area contributed by atoms with Crippen LogP contribution in [0.1, 0.15) is 20.8 Å². The van der Waals surface area contributed by atoms with Gasteiger partial charge in [0.1, 0.15) is 0 Å². The molecule has 0 radical (unpaired) electrons.